The summed E-state index contributed by atoms with van der Waals surface area (Å²) in [5.41, 5.74) is 0.0980. The van der Waals surface area contributed by atoms with Crippen molar-refractivity contribution in [2.24, 2.45) is 11.8 Å². The Morgan fingerprint density at radius 3 is 2.46 bits per heavy atom. The van der Waals surface area contributed by atoms with Crippen molar-refractivity contribution in [3.05, 3.63) is 96.1 Å². The number of likely N-dealkylation sites (tertiary alicyclic amines) is 1. The number of nitrogens with one attached hydrogen (secondary N) is 1. The zero-order chi connectivity index (χ0) is 32.3. The first kappa shape index (κ1) is 31.7. The lowest BCUT2D eigenvalue weighted by Gasteiger charge is -2.35. The van der Waals surface area contributed by atoms with E-state index in [1.165, 1.54) is 12.0 Å². The van der Waals surface area contributed by atoms with Gasteiger partial charge in [-0.2, -0.15) is 0 Å². The third-order valence-corrected chi connectivity index (χ3v) is 9.20. The van der Waals surface area contributed by atoms with E-state index < -0.39 is 53.6 Å². The van der Waals surface area contributed by atoms with Gasteiger partial charge in [-0.15, -0.1) is 0 Å². The highest BCUT2D eigenvalue weighted by Gasteiger charge is 2.71. The number of aliphatic hydroxyl groups is 1. The normalized spacial score (nSPS) is 32.0. The summed E-state index contributed by atoms with van der Waals surface area (Å²) in [4.78, 5) is 59.0. The molecule has 0 radical (unpaired) electrons. The fourth-order valence-electron chi connectivity index (χ4n) is 7.23. The molecule has 6 rings (SSSR count). The van der Waals surface area contributed by atoms with Crippen molar-refractivity contribution < 1.29 is 38.5 Å². The maximum atomic E-state index is 14.4. The number of cyclic esters (lactones) is 1. The molecular formula is C35H39N3O8. The second-order valence-corrected chi connectivity index (χ2v) is 12.1. The number of β-amino-alcohol motifs (C(OH)–C–C–N with tert-alkyl or cyclic N) is 1. The van der Waals surface area contributed by atoms with Crippen LogP contribution in [0.25, 0.3) is 0 Å². The molecule has 4 aliphatic rings. The molecule has 2 fully saturated rings. The van der Waals surface area contributed by atoms with Crippen LogP contribution in [0.5, 0.6) is 0 Å². The first-order valence-electron chi connectivity index (χ1n) is 15.7. The summed E-state index contributed by atoms with van der Waals surface area (Å²) in [5, 5.41) is 12.9. The molecule has 7 atom stereocenters. The first-order chi connectivity index (χ1) is 22.4. The molecule has 2 aromatic rings. The van der Waals surface area contributed by atoms with E-state index in [2.05, 4.69) is 5.32 Å². The van der Waals surface area contributed by atoms with Crippen molar-refractivity contribution in [2.75, 3.05) is 33.4 Å². The standard InChI is InChI=1S/C35H39N3O8/c1-44-22-25-30(24-13-6-3-7-14-24)45-34(43)28-26(15-8-9-16-27(40)36-25)46-35-17-10-18-37(21-23-11-4-2-5-12-23)33(42)31(35)38(19-20-39)32(41)29(28)35/h2-8,10-15,17,25-26,28-31,39H,9,16,18-22H2,1H3,(H,36,40)/b15-8-/t25-,26-,28+,29+,30-,31-,35+/m0/s1. The molecule has 2 aromatic carbocycles. The molecular weight excluding hydrogens is 590 g/mol. The topological polar surface area (TPSA) is 135 Å². The van der Waals surface area contributed by atoms with Gasteiger partial charge in [-0.05, 0) is 17.5 Å². The third-order valence-electron chi connectivity index (χ3n) is 9.20. The summed E-state index contributed by atoms with van der Waals surface area (Å²) < 4.78 is 18.4. The molecule has 1 spiro atoms. The van der Waals surface area contributed by atoms with E-state index in [0.717, 1.165) is 5.56 Å². The molecule has 2 saturated heterocycles. The lowest BCUT2D eigenvalue weighted by Crippen LogP contribution is -2.55. The van der Waals surface area contributed by atoms with Crippen LogP contribution in [0, 0.1) is 11.8 Å². The van der Waals surface area contributed by atoms with Crippen molar-refractivity contribution in [1.29, 1.82) is 0 Å². The van der Waals surface area contributed by atoms with E-state index in [9.17, 15) is 24.3 Å². The van der Waals surface area contributed by atoms with Crippen LogP contribution >= 0.6 is 0 Å². The maximum absolute atomic E-state index is 14.4. The Bertz CT molecular complexity index is 1500. The van der Waals surface area contributed by atoms with E-state index in [1.54, 1.807) is 35.3 Å². The molecule has 0 bridgehead atoms. The summed E-state index contributed by atoms with van der Waals surface area (Å²) in [5.74, 6) is -3.89. The number of hydrogen-bond donors (Lipinski definition) is 2. The average molecular weight is 630 g/mol. The van der Waals surface area contributed by atoms with Gasteiger partial charge in [0.15, 0.2) is 0 Å². The zero-order valence-electron chi connectivity index (χ0n) is 25.7. The highest BCUT2D eigenvalue weighted by Crippen LogP contribution is 2.53. The van der Waals surface area contributed by atoms with Gasteiger partial charge in [0, 0.05) is 33.2 Å². The van der Waals surface area contributed by atoms with E-state index in [-0.39, 0.29) is 44.5 Å². The molecule has 4 aliphatic heterocycles. The van der Waals surface area contributed by atoms with Crippen LogP contribution in [0.2, 0.25) is 0 Å². The summed E-state index contributed by atoms with van der Waals surface area (Å²) >= 11 is 0. The minimum absolute atomic E-state index is 0.0755. The Hall–Kier alpha value is -4.32. The van der Waals surface area contributed by atoms with Gasteiger partial charge >= 0.3 is 5.97 Å². The van der Waals surface area contributed by atoms with Gasteiger partial charge in [0.1, 0.15) is 23.7 Å². The lowest BCUT2D eigenvalue weighted by molar-refractivity contribution is -0.162. The highest BCUT2D eigenvalue weighted by molar-refractivity contribution is 5.99. The van der Waals surface area contributed by atoms with Gasteiger partial charge in [-0.1, -0.05) is 85.0 Å². The van der Waals surface area contributed by atoms with Crippen LogP contribution in [-0.2, 0) is 39.9 Å². The van der Waals surface area contributed by atoms with Crippen LogP contribution in [0.1, 0.15) is 30.1 Å². The van der Waals surface area contributed by atoms with E-state index >= 15 is 0 Å². The van der Waals surface area contributed by atoms with E-state index in [1.807, 2.05) is 54.6 Å². The number of methoxy groups -OCH3 is 1. The molecule has 11 heteroatoms. The van der Waals surface area contributed by atoms with Crippen molar-refractivity contribution in [3.63, 3.8) is 0 Å². The lowest BCUT2D eigenvalue weighted by atomic mass is 9.77. The predicted molar refractivity (Wildman–Crippen MR) is 166 cm³/mol. The minimum Gasteiger partial charge on any atom is -0.455 e. The molecule has 0 aromatic heterocycles. The van der Waals surface area contributed by atoms with Crippen molar-refractivity contribution in [1.82, 2.24) is 15.1 Å². The van der Waals surface area contributed by atoms with Gasteiger partial charge in [-0.25, -0.2) is 0 Å². The van der Waals surface area contributed by atoms with Crippen LogP contribution < -0.4 is 5.32 Å². The number of ether oxygens (including phenoxy) is 3. The number of amides is 3. The van der Waals surface area contributed by atoms with Gasteiger partial charge < -0.3 is 34.4 Å². The Morgan fingerprint density at radius 2 is 1.74 bits per heavy atom. The number of benzene rings is 2. The quantitative estimate of drug-likeness (QED) is 0.351. The summed E-state index contributed by atoms with van der Waals surface area (Å²) in [6.07, 6.45) is 5.74. The Labute approximate surface area is 267 Å². The maximum Gasteiger partial charge on any atom is 0.313 e. The molecule has 242 valence electrons. The predicted octanol–water partition coefficient (Wildman–Crippen LogP) is 1.92. The smallest absolute Gasteiger partial charge is 0.313 e. The number of nitrogens with zero attached hydrogens (tertiary/aromatic N) is 2. The molecule has 4 heterocycles. The average Bonchev–Trinajstić information content (AvgIpc) is 3.44. The monoisotopic (exact) mass is 629 g/mol. The van der Waals surface area contributed by atoms with Crippen molar-refractivity contribution in [3.8, 4) is 0 Å². The molecule has 0 aliphatic carbocycles. The summed E-state index contributed by atoms with van der Waals surface area (Å²) in [6, 6.07) is 16.8. The Kier molecular flexibility index (Phi) is 9.34. The number of carbonyl (C=O) groups is 4. The number of allylic oxidation sites excluding steroid dienone is 1. The van der Waals surface area contributed by atoms with Gasteiger partial charge in [0.2, 0.25) is 17.7 Å². The van der Waals surface area contributed by atoms with Crippen molar-refractivity contribution >= 4 is 23.7 Å². The van der Waals surface area contributed by atoms with Crippen molar-refractivity contribution in [2.45, 2.75) is 49.3 Å². The summed E-state index contributed by atoms with van der Waals surface area (Å²) in [6.45, 7) is 0.208. The summed E-state index contributed by atoms with van der Waals surface area (Å²) in [7, 11) is 1.50. The molecule has 2 N–H and O–H groups in total. The number of rotatable bonds is 7. The fourth-order valence-corrected chi connectivity index (χ4v) is 7.23. The SMILES string of the molecule is COC[C@@H]1NC(=O)CC/C=C\[C@@H]2O[C@@]34C=CCN(Cc5ccccc5)C(=O)[C@@H]3N(CCO)C(=O)[C@H]4[C@@H]2C(=O)O[C@H]1c1ccccc1. The first-order valence-corrected chi connectivity index (χ1v) is 15.7. The molecule has 0 unspecified atom stereocenters. The second-order valence-electron chi connectivity index (χ2n) is 12.1. The minimum atomic E-state index is -1.48. The van der Waals surface area contributed by atoms with E-state index in [4.69, 9.17) is 14.2 Å². The second kappa shape index (κ2) is 13.6. The number of esters is 1. The van der Waals surface area contributed by atoms with Gasteiger partial charge in [0.05, 0.1) is 31.3 Å². The molecule has 11 nitrogen and oxygen atoms in total. The van der Waals surface area contributed by atoms with Gasteiger partial charge in [0.25, 0.3) is 0 Å². The zero-order valence-corrected chi connectivity index (χ0v) is 25.7. The van der Waals surface area contributed by atoms with Crippen LogP contribution in [-0.4, -0.2) is 95.8 Å². The third kappa shape index (κ3) is 5.86. The molecule has 46 heavy (non-hydrogen) atoms. The Morgan fingerprint density at radius 1 is 1.00 bits per heavy atom. The number of fused-ring (bicyclic) bond motifs is 2. The molecule has 3 amide bonds. The number of aliphatic hydroxyl groups excluding tert-OH is 1. The Balaban J connectivity index is 1.41. The number of hydrogen-bond acceptors (Lipinski definition) is 8. The highest BCUT2D eigenvalue weighted by atomic mass is 16.6. The van der Waals surface area contributed by atoms with Crippen LogP contribution in [0.3, 0.4) is 0 Å². The van der Waals surface area contributed by atoms with E-state index in [0.29, 0.717) is 18.5 Å². The number of carbonyl (C=O) groups excluding carboxylic acids is 4. The molecule has 0 saturated carbocycles. The largest absolute Gasteiger partial charge is 0.455 e. The van der Waals surface area contributed by atoms with Crippen LogP contribution in [0.15, 0.2) is 85.0 Å². The van der Waals surface area contributed by atoms with Crippen LogP contribution in [0.4, 0.5) is 0 Å². The fraction of sp³-hybridized carbons (Fsp3) is 0.429. The van der Waals surface area contributed by atoms with Gasteiger partial charge in [-0.3, -0.25) is 19.2 Å².